The molecule has 0 unspecified atom stereocenters. The molecule has 5 aliphatic rings. The van der Waals surface area contributed by atoms with E-state index in [2.05, 4.69) is 25.7 Å². The van der Waals surface area contributed by atoms with Gasteiger partial charge in [0.05, 0.1) is 18.4 Å². The number of aliphatic hydroxyl groups is 1. The molecule has 7 nitrogen and oxygen atoms in total. The largest absolute Gasteiger partial charge is 0.457 e. The van der Waals surface area contributed by atoms with Gasteiger partial charge >= 0.3 is 6.09 Å². The molecule has 1 aromatic rings. The van der Waals surface area contributed by atoms with Crippen LogP contribution in [-0.4, -0.2) is 36.2 Å². The third kappa shape index (κ3) is 6.05. The number of oxime groups is 1. The second kappa shape index (κ2) is 12.9. The second-order valence-corrected chi connectivity index (χ2v) is 14.6. The fourth-order valence-corrected chi connectivity index (χ4v) is 9.84. The van der Waals surface area contributed by atoms with Gasteiger partial charge in [0.25, 0.3) is 0 Å². The van der Waals surface area contributed by atoms with Crippen LogP contribution in [0, 0.1) is 34.5 Å². The summed E-state index contributed by atoms with van der Waals surface area (Å²) in [6.45, 7) is 11.8. The van der Waals surface area contributed by atoms with Crippen LogP contribution in [0.4, 0.5) is 10.5 Å². The van der Waals surface area contributed by atoms with Crippen molar-refractivity contribution in [3.8, 4) is 5.75 Å². The molecule has 6 rings (SSSR count). The van der Waals surface area contributed by atoms with Crippen molar-refractivity contribution >= 4 is 23.1 Å². The van der Waals surface area contributed by atoms with Crippen molar-refractivity contribution in [2.75, 3.05) is 18.5 Å². The van der Waals surface area contributed by atoms with E-state index in [1.165, 1.54) is 49.8 Å². The van der Waals surface area contributed by atoms with Crippen molar-refractivity contribution < 1.29 is 24.2 Å². The minimum absolute atomic E-state index is 0.0759. The zero-order valence-corrected chi connectivity index (χ0v) is 27.0. The average Bonchev–Trinajstić information content (AvgIpc) is 3.33. The van der Waals surface area contributed by atoms with Crippen molar-refractivity contribution in [1.29, 1.82) is 0 Å². The van der Waals surface area contributed by atoms with Crippen LogP contribution in [0.5, 0.6) is 5.75 Å². The van der Waals surface area contributed by atoms with Crippen molar-refractivity contribution in [3.05, 3.63) is 42.2 Å². The number of benzene rings is 1. The SMILES string of the molecule is C=C1C=C(CCCCCO/N=C2/CC[C@H]3[C@@H]4CC[C@H]5C[C@H](O)CC[C@]5(C)[C@H]4CC[C@]23C)c2ccc(NC(=O)OCC)cc2O1. The minimum Gasteiger partial charge on any atom is -0.457 e. The van der Waals surface area contributed by atoms with Crippen LogP contribution in [0.15, 0.2) is 41.8 Å². The fraction of sp³-hybridized carbons (Fsp3) is 0.676. The van der Waals surface area contributed by atoms with Crippen LogP contribution in [0.2, 0.25) is 0 Å². The number of carbonyl (C=O) groups is 1. The van der Waals surface area contributed by atoms with Crippen molar-refractivity contribution in [2.45, 2.75) is 110 Å². The van der Waals surface area contributed by atoms with Gasteiger partial charge in [-0.15, -0.1) is 0 Å². The van der Waals surface area contributed by atoms with Crippen molar-refractivity contribution in [3.63, 3.8) is 0 Å². The highest BCUT2D eigenvalue weighted by atomic mass is 16.6. The van der Waals surface area contributed by atoms with E-state index in [4.69, 9.17) is 19.5 Å². The van der Waals surface area contributed by atoms with Gasteiger partial charge in [-0.05, 0) is 143 Å². The first kappa shape index (κ1) is 31.2. The number of anilines is 1. The van der Waals surface area contributed by atoms with E-state index in [1.54, 1.807) is 6.92 Å². The number of rotatable bonds is 9. The number of allylic oxidation sites excluding steroid dienone is 2. The van der Waals surface area contributed by atoms with E-state index in [9.17, 15) is 9.90 Å². The number of nitrogens with one attached hydrogen (secondary N) is 1. The van der Waals surface area contributed by atoms with Gasteiger partial charge in [-0.1, -0.05) is 25.6 Å². The molecule has 7 heteroatoms. The number of hydrogen-bond acceptors (Lipinski definition) is 6. The Hall–Kier alpha value is -2.80. The molecule has 4 saturated carbocycles. The number of nitrogens with zero attached hydrogens (tertiary/aromatic N) is 1. The highest BCUT2D eigenvalue weighted by molar-refractivity contribution is 5.92. The molecule has 4 aliphatic carbocycles. The Labute approximate surface area is 263 Å². The van der Waals surface area contributed by atoms with Gasteiger partial charge in [0.2, 0.25) is 0 Å². The maximum atomic E-state index is 11.8. The number of fused-ring (bicyclic) bond motifs is 6. The van der Waals surface area contributed by atoms with Crippen LogP contribution in [0.1, 0.15) is 110 Å². The van der Waals surface area contributed by atoms with Gasteiger partial charge in [0, 0.05) is 22.7 Å². The summed E-state index contributed by atoms with van der Waals surface area (Å²) >= 11 is 0. The molecule has 44 heavy (non-hydrogen) atoms. The third-order valence-corrected chi connectivity index (χ3v) is 12.2. The average molecular weight is 605 g/mol. The Bertz CT molecular complexity index is 1300. The lowest BCUT2D eigenvalue weighted by Crippen LogP contribution is -2.54. The summed E-state index contributed by atoms with van der Waals surface area (Å²) in [5.74, 6) is 4.37. The molecule has 1 heterocycles. The molecule has 0 spiro atoms. The monoisotopic (exact) mass is 604 g/mol. The molecule has 0 saturated heterocycles. The number of ether oxygens (including phenoxy) is 2. The third-order valence-electron chi connectivity index (χ3n) is 12.2. The Kier molecular flexibility index (Phi) is 9.15. The molecule has 4 fully saturated rings. The summed E-state index contributed by atoms with van der Waals surface area (Å²) in [6.07, 6.45) is 16.2. The summed E-state index contributed by atoms with van der Waals surface area (Å²) < 4.78 is 10.8. The smallest absolute Gasteiger partial charge is 0.411 e. The summed E-state index contributed by atoms with van der Waals surface area (Å²) in [7, 11) is 0. The van der Waals surface area contributed by atoms with E-state index >= 15 is 0 Å². The van der Waals surface area contributed by atoms with Gasteiger partial charge in [-0.25, -0.2) is 4.79 Å². The highest BCUT2D eigenvalue weighted by Crippen LogP contribution is 2.65. The van der Waals surface area contributed by atoms with Crippen molar-refractivity contribution in [2.24, 2.45) is 39.7 Å². The number of amides is 1. The molecule has 0 aromatic heterocycles. The quantitative estimate of drug-likeness (QED) is 0.217. The number of aliphatic hydroxyl groups excluding tert-OH is 1. The van der Waals surface area contributed by atoms with Crippen LogP contribution >= 0.6 is 0 Å². The summed E-state index contributed by atoms with van der Waals surface area (Å²) in [6, 6.07) is 5.69. The molecular weight excluding hydrogens is 552 g/mol. The Morgan fingerprint density at radius 1 is 1.11 bits per heavy atom. The maximum absolute atomic E-state index is 11.8. The molecule has 240 valence electrons. The topological polar surface area (TPSA) is 89.4 Å². The normalized spacial score (nSPS) is 35.0. The lowest BCUT2D eigenvalue weighted by molar-refractivity contribution is -0.114. The molecule has 1 amide bonds. The lowest BCUT2D eigenvalue weighted by Gasteiger charge is -2.60. The van der Waals surface area contributed by atoms with Crippen LogP contribution < -0.4 is 10.1 Å². The maximum Gasteiger partial charge on any atom is 0.411 e. The second-order valence-electron chi connectivity index (χ2n) is 14.6. The van der Waals surface area contributed by atoms with Gasteiger partial charge in [-0.3, -0.25) is 5.32 Å². The number of carbonyl (C=O) groups excluding carboxylic acids is 1. The predicted molar refractivity (Wildman–Crippen MR) is 174 cm³/mol. The first-order valence-electron chi connectivity index (χ1n) is 17.2. The highest BCUT2D eigenvalue weighted by Gasteiger charge is 2.59. The Morgan fingerprint density at radius 2 is 1.98 bits per heavy atom. The zero-order valence-electron chi connectivity index (χ0n) is 27.0. The first-order valence-corrected chi connectivity index (χ1v) is 17.2. The summed E-state index contributed by atoms with van der Waals surface area (Å²) in [5.41, 5.74) is 4.80. The number of hydrogen-bond donors (Lipinski definition) is 2. The standard InChI is InChI=1S/C37H52N2O5/c1-5-42-35(41)38-27-11-13-29-25(21-24(2)44-33(29)23-27)9-7-6-8-20-43-39-34-15-14-31-30-12-10-26-22-28(40)16-18-36(26,3)32(30)17-19-37(31,34)4/h11,13,21,23,26,28,30-32,40H,2,5-10,12,14-20,22H2,1,3-4H3,(H,38,41)/b39-34-/t26-,28+,30-,31-,32-,36-,37-/m0/s1. The molecule has 2 N–H and O–H groups in total. The molecule has 7 atom stereocenters. The fourth-order valence-electron chi connectivity index (χ4n) is 9.84. The summed E-state index contributed by atoms with van der Waals surface area (Å²) in [5, 5.41) is 17.9. The van der Waals surface area contributed by atoms with Gasteiger partial charge in [0.1, 0.15) is 18.1 Å². The van der Waals surface area contributed by atoms with E-state index in [1.807, 2.05) is 24.3 Å². The molecule has 0 radical (unpaired) electrons. The van der Waals surface area contributed by atoms with Gasteiger partial charge in [0.15, 0.2) is 0 Å². The van der Waals surface area contributed by atoms with Crippen molar-refractivity contribution in [1.82, 2.24) is 0 Å². The zero-order chi connectivity index (χ0) is 30.9. The van der Waals surface area contributed by atoms with E-state index < -0.39 is 6.09 Å². The minimum atomic E-state index is -0.474. The predicted octanol–water partition coefficient (Wildman–Crippen LogP) is 8.88. The van der Waals surface area contributed by atoms with Gasteiger partial charge in [-0.2, -0.15) is 0 Å². The van der Waals surface area contributed by atoms with Crippen LogP contribution in [-0.2, 0) is 9.57 Å². The van der Waals surface area contributed by atoms with E-state index in [0.717, 1.165) is 68.3 Å². The van der Waals surface area contributed by atoms with Gasteiger partial charge < -0.3 is 19.4 Å². The summed E-state index contributed by atoms with van der Waals surface area (Å²) in [4.78, 5) is 17.8. The molecular formula is C37H52N2O5. The first-order chi connectivity index (χ1) is 21.2. The molecule has 1 aliphatic heterocycles. The Balaban J connectivity index is 0.968. The van der Waals surface area contributed by atoms with Crippen LogP contribution in [0.25, 0.3) is 5.57 Å². The van der Waals surface area contributed by atoms with E-state index in [0.29, 0.717) is 41.7 Å². The molecule has 0 bridgehead atoms. The number of unbranched alkanes of at least 4 members (excludes halogenated alkanes) is 2. The lowest BCUT2D eigenvalue weighted by atomic mass is 9.45. The molecule has 1 aromatic carbocycles. The Morgan fingerprint density at radius 3 is 2.82 bits per heavy atom. The van der Waals surface area contributed by atoms with Crippen LogP contribution in [0.3, 0.4) is 0 Å². The van der Waals surface area contributed by atoms with E-state index in [-0.39, 0.29) is 11.5 Å².